The molecule has 3 aromatic rings. The fourth-order valence-electron chi connectivity index (χ4n) is 4.44. The van der Waals surface area contributed by atoms with Gasteiger partial charge >= 0.3 is 0 Å². The smallest absolute Gasteiger partial charge is 0.244 e. The van der Waals surface area contributed by atoms with Crippen molar-refractivity contribution in [2.24, 2.45) is 0 Å². The largest absolute Gasteiger partial charge is 0.497 e. The molecule has 40 heavy (non-hydrogen) atoms. The average molecular weight is 567 g/mol. The van der Waals surface area contributed by atoms with Gasteiger partial charge in [-0.05, 0) is 74.8 Å². The Morgan fingerprint density at radius 1 is 0.775 bits per heavy atom. The Balaban J connectivity index is 1.19. The highest BCUT2D eigenvalue weighted by atomic mass is 32.2. The molecule has 0 saturated carbocycles. The van der Waals surface area contributed by atoms with E-state index in [1.807, 2.05) is 67.7 Å². The molecule has 0 spiro atoms. The minimum absolute atomic E-state index is 0.0288. The molecular weight excluding hydrogens is 528 g/mol. The molecule has 9 heteroatoms. The second-order valence-electron chi connectivity index (χ2n) is 9.29. The number of hydrogen-bond acceptors (Lipinski definition) is 8. The van der Waals surface area contributed by atoms with Crippen LogP contribution in [0, 0.1) is 0 Å². The Morgan fingerprint density at radius 2 is 1.50 bits per heavy atom. The van der Waals surface area contributed by atoms with E-state index < -0.39 is 5.25 Å². The Labute approximate surface area is 240 Å². The highest BCUT2D eigenvalue weighted by Crippen LogP contribution is 2.48. The fourth-order valence-corrected chi connectivity index (χ4v) is 5.75. The van der Waals surface area contributed by atoms with E-state index in [4.69, 9.17) is 23.7 Å². The Morgan fingerprint density at radius 3 is 2.30 bits per heavy atom. The quantitative estimate of drug-likeness (QED) is 0.234. The lowest BCUT2D eigenvalue weighted by molar-refractivity contribution is -0.118. The van der Waals surface area contributed by atoms with Crippen molar-refractivity contribution in [2.45, 2.75) is 29.4 Å². The summed E-state index contributed by atoms with van der Waals surface area (Å²) >= 11 is 1.56. The Hall–Kier alpha value is -3.56. The SMILES string of the molecule is COc1ccc(OCCCCNCCCOc2ccc(OC)c(OC)c2)c(C2Sc3ccccc3N(C)C2=O)c1. The Bertz CT molecular complexity index is 1270. The predicted molar refractivity (Wildman–Crippen MR) is 159 cm³/mol. The second-order valence-corrected chi connectivity index (χ2v) is 10.4. The molecule has 1 atom stereocenters. The molecule has 214 valence electrons. The van der Waals surface area contributed by atoms with Crippen LogP contribution in [0.1, 0.15) is 30.1 Å². The monoisotopic (exact) mass is 566 g/mol. The lowest BCUT2D eigenvalue weighted by atomic mass is 10.1. The van der Waals surface area contributed by atoms with Crippen LogP contribution in [-0.2, 0) is 4.79 Å². The van der Waals surface area contributed by atoms with Gasteiger partial charge in [0.2, 0.25) is 5.91 Å². The Kier molecular flexibility index (Phi) is 10.8. The van der Waals surface area contributed by atoms with Gasteiger partial charge in [-0.25, -0.2) is 0 Å². The van der Waals surface area contributed by atoms with Gasteiger partial charge in [0.15, 0.2) is 11.5 Å². The molecule has 0 aromatic heterocycles. The highest BCUT2D eigenvalue weighted by molar-refractivity contribution is 8.00. The number of carbonyl (C=O) groups excluding carboxylic acids is 1. The fraction of sp³-hybridized carbons (Fsp3) is 0.387. The summed E-state index contributed by atoms with van der Waals surface area (Å²) in [7, 11) is 6.68. The van der Waals surface area contributed by atoms with Crippen molar-refractivity contribution in [3.63, 3.8) is 0 Å². The van der Waals surface area contributed by atoms with E-state index in [9.17, 15) is 4.79 Å². The van der Waals surface area contributed by atoms with Gasteiger partial charge in [-0.1, -0.05) is 12.1 Å². The van der Waals surface area contributed by atoms with E-state index in [0.717, 1.165) is 60.0 Å². The molecule has 1 aliphatic rings. The van der Waals surface area contributed by atoms with Crippen LogP contribution in [0.2, 0.25) is 0 Å². The summed E-state index contributed by atoms with van der Waals surface area (Å²) in [5.74, 6) is 3.56. The first-order valence-electron chi connectivity index (χ1n) is 13.4. The topological polar surface area (TPSA) is 78.5 Å². The van der Waals surface area contributed by atoms with Crippen LogP contribution in [0.4, 0.5) is 5.69 Å². The van der Waals surface area contributed by atoms with Gasteiger partial charge in [-0.3, -0.25) is 4.79 Å². The maximum absolute atomic E-state index is 13.3. The molecule has 1 heterocycles. The number of ether oxygens (including phenoxy) is 5. The average Bonchev–Trinajstić information content (AvgIpc) is 2.99. The van der Waals surface area contributed by atoms with Crippen LogP contribution >= 0.6 is 11.8 Å². The van der Waals surface area contributed by atoms with E-state index in [-0.39, 0.29) is 5.91 Å². The normalized spacial score (nSPS) is 14.4. The summed E-state index contributed by atoms with van der Waals surface area (Å²) < 4.78 is 28.0. The number of thioether (sulfide) groups is 1. The summed E-state index contributed by atoms with van der Waals surface area (Å²) in [6, 6.07) is 19.2. The zero-order valence-corrected chi connectivity index (χ0v) is 24.4. The molecule has 1 aliphatic heterocycles. The first-order chi connectivity index (χ1) is 19.5. The molecule has 0 radical (unpaired) electrons. The lowest BCUT2D eigenvalue weighted by Gasteiger charge is -2.32. The van der Waals surface area contributed by atoms with E-state index in [1.54, 1.807) is 38.0 Å². The number of benzene rings is 3. The first kappa shape index (κ1) is 29.4. The third-order valence-electron chi connectivity index (χ3n) is 6.65. The van der Waals surface area contributed by atoms with E-state index in [1.165, 1.54) is 0 Å². The summed E-state index contributed by atoms with van der Waals surface area (Å²) in [5, 5.41) is 3.06. The third kappa shape index (κ3) is 7.34. The number of carbonyl (C=O) groups is 1. The number of anilines is 1. The summed E-state index contributed by atoms with van der Waals surface area (Å²) in [6.07, 6.45) is 2.77. The van der Waals surface area contributed by atoms with Crippen molar-refractivity contribution in [3.05, 3.63) is 66.2 Å². The molecule has 1 unspecified atom stereocenters. The van der Waals surface area contributed by atoms with Crippen LogP contribution < -0.4 is 33.9 Å². The van der Waals surface area contributed by atoms with Crippen molar-refractivity contribution in [1.29, 1.82) is 0 Å². The number of nitrogens with one attached hydrogen (secondary N) is 1. The summed E-state index contributed by atoms with van der Waals surface area (Å²) in [4.78, 5) is 16.1. The van der Waals surface area contributed by atoms with Crippen LogP contribution in [0.3, 0.4) is 0 Å². The predicted octanol–water partition coefficient (Wildman–Crippen LogP) is 5.74. The van der Waals surface area contributed by atoms with Crippen LogP contribution in [0.15, 0.2) is 65.6 Å². The van der Waals surface area contributed by atoms with Gasteiger partial charge in [-0.15, -0.1) is 11.8 Å². The van der Waals surface area contributed by atoms with Gasteiger partial charge in [0.05, 0.1) is 40.2 Å². The molecule has 4 rings (SSSR count). The zero-order valence-electron chi connectivity index (χ0n) is 23.6. The van der Waals surface area contributed by atoms with Gasteiger partial charge in [-0.2, -0.15) is 0 Å². The number of fused-ring (bicyclic) bond motifs is 1. The first-order valence-corrected chi connectivity index (χ1v) is 14.3. The van der Waals surface area contributed by atoms with E-state index in [2.05, 4.69) is 5.32 Å². The minimum atomic E-state index is -0.395. The molecule has 8 nitrogen and oxygen atoms in total. The molecule has 0 bridgehead atoms. The number of nitrogens with zero attached hydrogens (tertiary/aromatic N) is 1. The van der Waals surface area contributed by atoms with Gasteiger partial charge in [0.1, 0.15) is 22.5 Å². The van der Waals surface area contributed by atoms with Crippen molar-refractivity contribution in [1.82, 2.24) is 5.32 Å². The zero-order chi connectivity index (χ0) is 28.3. The van der Waals surface area contributed by atoms with Crippen LogP contribution in [0.25, 0.3) is 0 Å². The van der Waals surface area contributed by atoms with Gasteiger partial charge < -0.3 is 33.9 Å². The number of rotatable bonds is 15. The maximum atomic E-state index is 13.3. The number of amides is 1. The number of methoxy groups -OCH3 is 3. The van der Waals surface area contributed by atoms with E-state index in [0.29, 0.717) is 30.5 Å². The molecule has 0 fully saturated rings. The van der Waals surface area contributed by atoms with Crippen molar-refractivity contribution in [2.75, 3.05) is 59.6 Å². The van der Waals surface area contributed by atoms with Gasteiger partial charge in [0, 0.05) is 23.6 Å². The number of hydrogen-bond donors (Lipinski definition) is 1. The van der Waals surface area contributed by atoms with Crippen LogP contribution in [0.5, 0.6) is 28.7 Å². The standard InChI is InChI=1S/C31H38N2O6S/c1-33-25-10-5-6-11-29(25)40-30(31(33)34)24-20-22(35-2)12-14-26(24)39-18-8-7-16-32-17-9-19-38-23-13-15-27(36-3)28(21-23)37-4/h5-6,10-15,20-21,30,32H,7-9,16-19H2,1-4H3. The van der Waals surface area contributed by atoms with Gasteiger partial charge in [0.25, 0.3) is 0 Å². The lowest BCUT2D eigenvalue weighted by Crippen LogP contribution is -2.33. The minimum Gasteiger partial charge on any atom is -0.497 e. The third-order valence-corrected chi connectivity index (χ3v) is 7.94. The highest BCUT2D eigenvalue weighted by Gasteiger charge is 2.34. The molecule has 1 N–H and O–H groups in total. The molecule has 0 aliphatic carbocycles. The molecule has 0 saturated heterocycles. The molecule has 1 amide bonds. The summed E-state index contributed by atoms with van der Waals surface area (Å²) in [6.45, 7) is 2.95. The van der Waals surface area contributed by atoms with E-state index >= 15 is 0 Å². The van der Waals surface area contributed by atoms with Crippen LogP contribution in [-0.4, -0.2) is 60.6 Å². The van der Waals surface area contributed by atoms with Crippen molar-refractivity contribution in [3.8, 4) is 28.7 Å². The molecular formula is C31H38N2O6S. The second kappa shape index (κ2) is 14.7. The summed E-state index contributed by atoms with van der Waals surface area (Å²) in [5.41, 5.74) is 1.77. The number of para-hydroxylation sites is 1. The molecule has 3 aromatic carbocycles. The number of unbranched alkanes of at least 4 members (excludes halogenated alkanes) is 1. The van der Waals surface area contributed by atoms with Crippen molar-refractivity contribution < 1.29 is 28.5 Å². The maximum Gasteiger partial charge on any atom is 0.244 e. The van der Waals surface area contributed by atoms with Crippen molar-refractivity contribution >= 4 is 23.4 Å². The number of likely N-dealkylation sites (N-methyl/N-ethyl adjacent to an activating group) is 1.